The number of piperazine rings is 1. The number of nitrogens with zero attached hydrogens (tertiary/aromatic N) is 1. The van der Waals surface area contributed by atoms with Crippen molar-refractivity contribution in [2.24, 2.45) is 0 Å². The zero-order valence-corrected chi connectivity index (χ0v) is 10.6. The number of anilines is 2. The predicted octanol–water partition coefficient (Wildman–Crippen LogP) is 0.990. The molecule has 3 N–H and O–H groups in total. The zero-order valence-electron chi connectivity index (χ0n) is 10.6. The number of nitrogens with one attached hydrogen (secondary N) is 2. The molecule has 1 aromatic carbocycles. The molecule has 0 radical (unpaired) electrons. The Bertz CT molecular complexity index is 533. The van der Waals surface area contributed by atoms with E-state index in [-0.39, 0.29) is 0 Å². The molecule has 1 aromatic rings. The predicted molar refractivity (Wildman–Crippen MR) is 75.6 cm³/mol. The molecule has 0 aromatic heterocycles. The molecule has 0 bridgehead atoms. The maximum atomic E-state index is 11.0. The number of hydrogen-bond acceptors (Lipinski definition) is 4. The summed E-state index contributed by atoms with van der Waals surface area (Å²) in [4.78, 5) is 13.3. The third-order valence-electron chi connectivity index (χ3n) is 3.59. The normalized spacial score (nSPS) is 18.3. The van der Waals surface area contributed by atoms with E-state index in [0.29, 0.717) is 12.1 Å². The molecule has 0 saturated carbocycles. The molecule has 5 nitrogen and oxygen atoms in total. The Hall–Kier alpha value is -2.01. The van der Waals surface area contributed by atoms with Crippen molar-refractivity contribution in [3.8, 4) is 0 Å². The molecule has 0 atom stereocenters. The van der Waals surface area contributed by atoms with Gasteiger partial charge in [-0.25, -0.2) is 4.79 Å². The van der Waals surface area contributed by atoms with Crippen molar-refractivity contribution >= 4 is 23.4 Å². The summed E-state index contributed by atoms with van der Waals surface area (Å²) < 4.78 is 0. The second-order valence-electron chi connectivity index (χ2n) is 4.84. The summed E-state index contributed by atoms with van der Waals surface area (Å²) in [5.41, 5.74) is 3.56. The van der Waals surface area contributed by atoms with Crippen LogP contribution in [0.2, 0.25) is 0 Å². The summed E-state index contributed by atoms with van der Waals surface area (Å²) in [6, 6.07) is 6.16. The van der Waals surface area contributed by atoms with Crippen molar-refractivity contribution in [3.05, 3.63) is 29.3 Å². The first-order valence-corrected chi connectivity index (χ1v) is 6.51. The average Bonchev–Trinajstić information content (AvgIpc) is 2.47. The molecular weight excluding hydrogens is 242 g/mol. The number of aliphatic carboxylic acids is 1. The van der Waals surface area contributed by atoms with Crippen LogP contribution in [0.1, 0.15) is 5.56 Å². The highest BCUT2D eigenvalue weighted by Crippen LogP contribution is 2.28. The molecule has 1 saturated heterocycles. The smallest absolute Gasteiger partial charge is 0.333 e. The summed E-state index contributed by atoms with van der Waals surface area (Å²) in [6.45, 7) is 4.42. The van der Waals surface area contributed by atoms with Crippen LogP contribution in [0.5, 0.6) is 0 Å². The van der Waals surface area contributed by atoms with Crippen molar-refractivity contribution in [2.45, 2.75) is 0 Å². The van der Waals surface area contributed by atoms with E-state index >= 15 is 0 Å². The molecule has 0 amide bonds. The van der Waals surface area contributed by atoms with Gasteiger partial charge in [0.2, 0.25) is 0 Å². The maximum Gasteiger partial charge on any atom is 0.333 e. The monoisotopic (exact) mass is 259 g/mol. The van der Waals surface area contributed by atoms with Crippen molar-refractivity contribution in [2.75, 3.05) is 42.9 Å². The number of carboxylic acids is 1. The first-order valence-electron chi connectivity index (χ1n) is 6.51. The van der Waals surface area contributed by atoms with Crippen molar-refractivity contribution in [1.82, 2.24) is 5.32 Å². The minimum atomic E-state index is -0.857. The SMILES string of the molecule is O=C(O)C1=Cc2ccc(N3CCNCC3)cc2NC1. The standard InChI is InChI=1S/C14H17N3O2/c18-14(19)11-7-10-1-2-12(8-13(10)16-9-11)17-5-3-15-4-6-17/h1-2,7-8,15-16H,3-6,9H2,(H,18,19). The van der Waals surface area contributed by atoms with E-state index in [1.165, 1.54) is 5.69 Å². The van der Waals surface area contributed by atoms with Crippen LogP contribution in [-0.2, 0) is 4.79 Å². The largest absolute Gasteiger partial charge is 0.478 e. The number of carboxylic acid groups (broad SMARTS) is 1. The van der Waals surface area contributed by atoms with Crippen LogP contribution in [0.15, 0.2) is 23.8 Å². The summed E-state index contributed by atoms with van der Waals surface area (Å²) in [7, 11) is 0. The third kappa shape index (κ3) is 2.42. The van der Waals surface area contributed by atoms with E-state index in [0.717, 1.165) is 37.4 Å². The molecule has 2 aliphatic heterocycles. The van der Waals surface area contributed by atoms with E-state index in [9.17, 15) is 4.79 Å². The molecule has 5 heteroatoms. The van der Waals surface area contributed by atoms with E-state index in [4.69, 9.17) is 5.11 Å². The maximum absolute atomic E-state index is 11.0. The van der Waals surface area contributed by atoms with Crippen molar-refractivity contribution in [1.29, 1.82) is 0 Å². The van der Waals surface area contributed by atoms with Crippen LogP contribution in [0.25, 0.3) is 6.08 Å². The van der Waals surface area contributed by atoms with Gasteiger partial charge in [0.05, 0.1) is 5.57 Å². The first-order chi connectivity index (χ1) is 9.24. The van der Waals surface area contributed by atoms with Crippen LogP contribution in [0.3, 0.4) is 0 Å². The third-order valence-corrected chi connectivity index (χ3v) is 3.59. The molecule has 0 spiro atoms. The van der Waals surface area contributed by atoms with Crippen LogP contribution in [-0.4, -0.2) is 43.8 Å². The molecular formula is C14H17N3O2. The Morgan fingerprint density at radius 3 is 2.79 bits per heavy atom. The molecule has 0 unspecified atom stereocenters. The molecule has 19 heavy (non-hydrogen) atoms. The van der Waals surface area contributed by atoms with Gasteiger partial charge >= 0.3 is 5.97 Å². The van der Waals surface area contributed by atoms with Gasteiger partial charge in [0, 0.05) is 44.1 Å². The summed E-state index contributed by atoms with van der Waals surface area (Å²) in [5.74, 6) is -0.857. The van der Waals surface area contributed by atoms with Gasteiger partial charge in [-0.3, -0.25) is 0 Å². The Kier molecular flexibility index (Phi) is 3.13. The van der Waals surface area contributed by atoms with Crippen molar-refractivity contribution in [3.63, 3.8) is 0 Å². The number of hydrogen-bond donors (Lipinski definition) is 3. The molecule has 2 heterocycles. The quantitative estimate of drug-likeness (QED) is 0.739. The average molecular weight is 259 g/mol. The number of rotatable bonds is 2. The Balaban J connectivity index is 1.87. The van der Waals surface area contributed by atoms with Gasteiger partial charge in [-0.05, 0) is 23.8 Å². The lowest BCUT2D eigenvalue weighted by Gasteiger charge is -2.30. The Labute approximate surface area is 111 Å². The Morgan fingerprint density at radius 2 is 2.05 bits per heavy atom. The van der Waals surface area contributed by atoms with Crippen LogP contribution >= 0.6 is 0 Å². The topological polar surface area (TPSA) is 64.6 Å². The molecule has 3 rings (SSSR count). The molecule has 2 aliphatic rings. The summed E-state index contributed by atoms with van der Waals surface area (Å²) in [5, 5.41) is 15.5. The fourth-order valence-corrected chi connectivity index (χ4v) is 2.51. The lowest BCUT2D eigenvalue weighted by atomic mass is 10.0. The van der Waals surface area contributed by atoms with Crippen LogP contribution in [0.4, 0.5) is 11.4 Å². The van der Waals surface area contributed by atoms with Gasteiger partial charge in [-0.2, -0.15) is 0 Å². The molecule has 0 aliphatic carbocycles. The summed E-state index contributed by atoms with van der Waals surface area (Å²) in [6.07, 6.45) is 1.75. The van der Waals surface area contributed by atoms with Crippen LogP contribution < -0.4 is 15.5 Å². The fourth-order valence-electron chi connectivity index (χ4n) is 2.51. The van der Waals surface area contributed by atoms with Gasteiger partial charge in [0.1, 0.15) is 0 Å². The fraction of sp³-hybridized carbons (Fsp3) is 0.357. The van der Waals surface area contributed by atoms with E-state index in [2.05, 4.69) is 27.7 Å². The molecule has 100 valence electrons. The van der Waals surface area contributed by atoms with Gasteiger partial charge in [-0.15, -0.1) is 0 Å². The highest BCUT2D eigenvalue weighted by Gasteiger charge is 2.17. The van der Waals surface area contributed by atoms with E-state index in [1.54, 1.807) is 6.08 Å². The molecule has 1 fully saturated rings. The lowest BCUT2D eigenvalue weighted by molar-refractivity contribution is -0.132. The van der Waals surface area contributed by atoms with Crippen LogP contribution in [0, 0.1) is 0 Å². The first kappa shape index (κ1) is 12.0. The highest BCUT2D eigenvalue weighted by atomic mass is 16.4. The number of fused-ring (bicyclic) bond motifs is 1. The van der Waals surface area contributed by atoms with Gasteiger partial charge < -0.3 is 20.6 Å². The number of carbonyl (C=O) groups is 1. The second kappa shape index (κ2) is 4.93. The van der Waals surface area contributed by atoms with E-state index < -0.39 is 5.97 Å². The minimum Gasteiger partial charge on any atom is -0.478 e. The highest BCUT2D eigenvalue weighted by molar-refractivity contribution is 5.96. The van der Waals surface area contributed by atoms with Gasteiger partial charge in [0.15, 0.2) is 0 Å². The number of benzene rings is 1. The minimum absolute atomic E-state index is 0.382. The van der Waals surface area contributed by atoms with Gasteiger partial charge in [0.25, 0.3) is 0 Å². The second-order valence-corrected chi connectivity index (χ2v) is 4.84. The lowest BCUT2D eigenvalue weighted by Crippen LogP contribution is -2.43. The van der Waals surface area contributed by atoms with Gasteiger partial charge in [-0.1, -0.05) is 6.07 Å². The summed E-state index contributed by atoms with van der Waals surface area (Å²) >= 11 is 0. The van der Waals surface area contributed by atoms with Crippen molar-refractivity contribution < 1.29 is 9.90 Å². The zero-order chi connectivity index (χ0) is 13.2. The Morgan fingerprint density at radius 1 is 1.26 bits per heavy atom. The van der Waals surface area contributed by atoms with E-state index in [1.807, 2.05) is 6.07 Å².